The van der Waals surface area contributed by atoms with Gasteiger partial charge < -0.3 is 5.32 Å². The fraction of sp³-hybridized carbons (Fsp3) is 0.875. The summed E-state index contributed by atoms with van der Waals surface area (Å²) in [4.78, 5) is 12.4. The quantitative estimate of drug-likeness (QED) is 0.837. The second-order valence-electron chi connectivity index (χ2n) is 8.16. The number of nitrogens with one attached hydrogen (secondary N) is 1. The Balaban J connectivity index is 1.35. The molecule has 1 heterocycles. The Hall–Kier alpha value is -1.11. The molecule has 126 valence electrons. The Bertz CT molecular complexity index is 626. The van der Waals surface area contributed by atoms with Gasteiger partial charge in [-0.25, -0.2) is 4.68 Å². The maximum Gasteiger partial charge on any atom is 0.230 e. The van der Waals surface area contributed by atoms with Gasteiger partial charge in [0.05, 0.1) is 11.8 Å². The lowest BCUT2D eigenvalue weighted by atomic mass is 9.69. The van der Waals surface area contributed by atoms with Crippen LogP contribution >= 0.6 is 11.8 Å². The summed E-state index contributed by atoms with van der Waals surface area (Å²) in [5, 5.41) is 15.9. The smallest absolute Gasteiger partial charge is 0.230 e. The van der Waals surface area contributed by atoms with E-state index in [1.54, 1.807) is 0 Å². The molecule has 1 amide bonds. The molecule has 0 unspecified atom stereocenters. The summed E-state index contributed by atoms with van der Waals surface area (Å²) in [5.41, 5.74) is 0.557. The van der Waals surface area contributed by atoms with Gasteiger partial charge in [0.1, 0.15) is 0 Å². The normalized spacial score (nSPS) is 34.7. The zero-order valence-corrected chi connectivity index (χ0v) is 14.9. The maximum absolute atomic E-state index is 12.4. The average molecular weight is 335 g/mol. The van der Waals surface area contributed by atoms with Crippen molar-refractivity contribution < 1.29 is 4.79 Å². The Kier molecular flexibility index (Phi) is 3.48. The lowest BCUT2D eigenvalue weighted by Crippen LogP contribution is -2.47. The third-order valence-electron chi connectivity index (χ3n) is 6.82. The number of hydrogen-bond acceptors (Lipinski definition) is 5. The predicted octanol–water partition coefficient (Wildman–Crippen LogP) is 2.43. The largest absolute Gasteiger partial charge is 0.352 e. The number of fused-ring (bicyclic) bond motifs is 2. The molecule has 1 aromatic heterocycles. The van der Waals surface area contributed by atoms with Crippen LogP contribution in [0.3, 0.4) is 0 Å². The molecule has 3 aliphatic rings. The van der Waals surface area contributed by atoms with Gasteiger partial charge in [0.2, 0.25) is 11.1 Å². The van der Waals surface area contributed by atoms with Crippen LogP contribution in [0.25, 0.3) is 0 Å². The zero-order valence-electron chi connectivity index (χ0n) is 14.1. The van der Waals surface area contributed by atoms with E-state index in [1.807, 2.05) is 4.68 Å². The van der Waals surface area contributed by atoms with Gasteiger partial charge in [0.15, 0.2) is 0 Å². The topological polar surface area (TPSA) is 72.7 Å². The summed E-state index contributed by atoms with van der Waals surface area (Å²) in [7, 11) is 0. The van der Waals surface area contributed by atoms with E-state index in [1.165, 1.54) is 24.6 Å². The number of amides is 1. The van der Waals surface area contributed by atoms with Crippen LogP contribution in [0.15, 0.2) is 5.16 Å². The number of rotatable bonds is 5. The molecular weight excluding hydrogens is 310 g/mol. The maximum atomic E-state index is 12.4. The standard InChI is InChI=1S/C16H25N5OS/c1-15(2)10-6-7-16(15,3)12(8-10)17-13(22)9-23-14-18-19-20-21(14)11-4-5-11/h10-12H,4-9H2,1-3H3,(H,17,22)/t10-,12-,16-/m0/s1. The van der Waals surface area contributed by atoms with E-state index in [-0.39, 0.29) is 11.3 Å². The number of tetrazole rings is 1. The molecule has 7 heteroatoms. The van der Waals surface area contributed by atoms with Crippen molar-refractivity contribution in [1.29, 1.82) is 0 Å². The number of thioether (sulfide) groups is 1. The van der Waals surface area contributed by atoms with Gasteiger partial charge in [-0.3, -0.25) is 4.79 Å². The van der Waals surface area contributed by atoms with E-state index in [0.29, 0.717) is 23.3 Å². The van der Waals surface area contributed by atoms with E-state index in [2.05, 4.69) is 41.6 Å². The van der Waals surface area contributed by atoms with Crippen molar-refractivity contribution in [1.82, 2.24) is 25.5 Å². The molecule has 0 saturated heterocycles. The third kappa shape index (κ3) is 2.39. The number of aromatic nitrogens is 4. The Morgan fingerprint density at radius 3 is 2.74 bits per heavy atom. The number of carbonyl (C=O) groups excluding carboxylic acids is 1. The van der Waals surface area contributed by atoms with E-state index in [4.69, 9.17) is 0 Å². The van der Waals surface area contributed by atoms with Gasteiger partial charge in [-0.2, -0.15) is 0 Å². The van der Waals surface area contributed by atoms with Gasteiger partial charge in [-0.05, 0) is 59.3 Å². The van der Waals surface area contributed by atoms with Crippen molar-refractivity contribution in [2.75, 3.05) is 5.75 Å². The van der Waals surface area contributed by atoms with Gasteiger partial charge >= 0.3 is 0 Å². The summed E-state index contributed by atoms with van der Waals surface area (Å²) in [5.74, 6) is 1.24. The van der Waals surface area contributed by atoms with Crippen LogP contribution in [0.5, 0.6) is 0 Å². The van der Waals surface area contributed by atoms with Gasteiger partial charge in [-0.1, -0.05) is 32.5 Å². The zero-order chi connectivity index (χ0) is 16.2. The summed E-state index contributed by atoms with van der Waals surface area (Å²) >= 11 is 1.45. The molecule has 3 atom stereocenters. The van der Waals surface area contributed by atoms with Crippen molar-refractivity contribution in [2.24, 2.45) is 16.7 Å². The van der Waals surface area contributed by atoms with Crippen LogP contribution in [0.2, 0.25) is 0 Å². The molecule has 3 fully saturated rings. The molecule has 6 nitrogen and oxygen atoms in total. The van der Waals surface area contributed by atoms with Crippen molar-refractivity contribution in [3.63, 3.8) is 0 Å². The summed E-state index contributed by atoms with van der Waals surface area (Å²) < 4.78 is 1.86. The second kappa shape index (κ2) is 5.19. The highest BCUT2D eigenvalue weighted by Gasteiger charge is 2.61. The monoisotopic (exact) mass is 335 g/mol. The minimum absolute atomic E-state index is 0.106. The highest BCUT2D eigenvalue weighted by Crippen LogP contribution is 2.65. The van der Waals surface area contributed by atoms with Crippen LogP contribution in [-0.4, -0.2) is 37.9 Å². The molecule has 3 aliphatic carbocycles. The minimum atomic E-state index is 0.106. The van der Waals surface area contributed by atoms with Crippen molar-refractivity contribution >= 4 is 17.7 Å². The highest BCUT2D eigenvalue weighted by atomic mass is 32.2. The average Bonchev–Trinajstić information content (AvgIpc) is 3.16. The first kappa shape index (κ1) is 15.4. The van der Waals surface area contributed by atoms with Gasteiger partial charge in [0.25, 0.3) is 0 Å². The molecule has 23 heavy (non-hydrogen) atoms. The third-order valence-corrected chi connectivity index (χ3v) is 7.75. The van der Waals surface area contributed by atoms with Crippen LogP contribution in [0, 0.1) is 16.7 Å². The number of nitrogens with zero attached hydrogens (tertiary/aromatic N) is 4. The second-order valence-corrected chi connectivity index (χ2v) is 9.10. The van der Waals surface area contributed by atoms with E-state index >= 15 is 0 Å². The number of hydrogen-bond donors (Lipinski definition) is 1. The first-order chi connectivity index (χ1) is 10.9. The first-order valence-electron chi connectivity index (χ1n) is 8.62. The van der Waals surface area contributed by atoms with Crippen LogP contribution in [0.4, 0.5) is 0 Å². The van der Waals surface area contributed by atoms with Crippen molar-refractivity contribution in [3.8, 4) is 0 Å². The lowest BCUT2D eigenvalue weighted by Gasteiger charge is -2.39. The van der Waals surface area contributed by atoms with Crippen molar-refractivity contribution in [2.45, 2.75) is 70.1 Å². The van der Waals surface area contributed by atoms with Crippen LogP contribution < -0.4 is 5.32 Å². The Morgan fingerprint density at radius 1 is 1.35 bits per heavy atom. The summed E-state index contributed by atoms with van der Waals surface area (Å²) in [6.45, 7) is 7.09. The number of carbonyl (C=O) groups is 1. The summed E-state index contributed by atoms with van der Waals surface area (Å²) in [6.07, 6.45) is 5.94. The molecule has 0 radical (unpaired) electrons. The highest BCUT2D eigenvalue weighted by molar-refractivity contribution is 7.99. The predicted molar refractivity (Wildman–Crippen MR) is 88.0 cm³/mol. The van der Waals surface area contributed by atoms with Crippen LogP contribution in [0.1, 0.15) is 58.9 Å². The summed E-state index contributed by atoms with van der Waals surface area (Å²) in [6, 6.07) is 0.754. The van der Waals surface area contributed by atoms with Gasteiger partial charge in [0, 0.05) is 6.04 Å². The fourth-order valence-corrected chi connectivity index (χ4v) is 5.37. The SMILES string of the molecule is CC1(C)[C@H]2CC[C@@]1(C)[C@@H](NC(=O)CSc1nnnn1C1CC1)C2. The van der Waals surface area contributed by atoms with E-state index < -0.39 is 0 Å². The molecule has 4 rings (SSSR count). The van der Waals surface area contributed by atoms with Gasteiger partial charge in [-0.15, -0.1) is 5.10 Å². The molecule has 3 saturated carbocycles. The molecule has 1 aromatic rings. The Labute approximate surface area is 141 Å². The van der Waals surface area contributed by atoms with Crippen molar-refractivity contribution in [3.05, 3.63) is 0 Å². The molecule has 0 aromatic carbocycles. The minimum Gasteiger partial charge on any atom is -0.352 e. The molecule has 0 spiro atoms. The molecular formula is C16H25N5OS. The Morgan fingerprint density at radius 2 is 2.13 bits per heavy atom. The van der Waals surface area contributed by atoms with E-state index in [9.17, 15) is 4.79 Å². The van der Waals surface area contributed by atoms with Crippen LogP contribution in [-0.2, 0) is 4.79 Å². The fourth-order valence-electron chi connectivity index (χ4n) is 4.62. The first-order valence-corrected chi connectivity index (χ1v) is 9.60. The molecule has 2 bridgehead atoms. The molecule has 1 N–H and O–H groups in total. The molecule has 0 aliphatic heterocycles. The lowest BCUT2D eigenvalue weighted by molar-refractivity contribution is -0.120. The van der Waals surface area contributed by atoms with E-state index in [0.717, 1.165) is 30.3 Å².